The topological polar surface area (TPSA) is 29.1 Å². The molecule has 1 heterocycles. The summed E-state index contributed by atoms with van der Waals surface area (Å²) >= 11 is 23.0. The maximum absolute atomic E-state index is 12.1. The SMILES string of the molecule is CC1CC(S)CCC(S)CC(S)CC(=O)NC(CS)CC1S. The van der Waals surface area contributed by atoms with Crippen LogP contribution in [0, 0.1) is 5.92 Å². The van der Waals surface area contributed by atoms with Crippen LogP contribution < -0.4 is 5.32 Å². The smallest absolute Gasteiger partial charge is 0.221 e. The van der Waals surface area contributed by atoms with E-state index in [1.165, 1.54) is 0 Å². The van der Waals surface area contributed by atoms with Crippen LogP contribution in [0.25, 0.3) is 0 Å². The molecule has 0 spiro atoms. The van der Waals surface area contributed by atoms with Crippen molar-refractivity contribution in [2.45, 2.75) is 72.5 Å². The first-order valence-corrected chi connectivity index (χ1v) is 10.6. The average Bonchev–Trinajstić information content (AvgIpc) is 2.42. The molecule has 0 aromatic heterocycles. The first kappa shape index (κ1) is 21.3. The molecule has 0 saturated carbocycles. The molecule has 1 fully saturated rings. The third kappa shape index (κ3) is 8.36. The van der Waals surface area contributed by atoms with Gasteiger partial charge in [-0.3, -0.25) is 4.79 Å². The van der Waals surface area contributed by atoms with Crippen LogP contribution in [-0.4, -0.2) is 38.7 Å². The van der Waals surface area contributed by atoms with Gasteiger partial charge in [-0.05, 0) is 38.0 Å². The highest BCUT2D eigenvalue weighted by Crippen LogP contribution is 2.27. The molecule has 130 valence electrons. The van der Waals surface area contributed by atoms with Crippen molar-refractivity contribution in [3.05, 3.63) is 0 Å². The van der Waals surface area contributed by atoms with Gasteiger partial charge >= 0.3 is 0 Å². The van der Waals surface area contributed by atoms with Crippen LogP contribution in [0.3, 0.4) is 0 Å². The first-order valence-electron chi connectivity index (χ1n) is 7.94. The molecule has 1 rings (SSSR count). The van der Waals surface area contributed by atoms with Crippen molar-refractivity contribution in [2.75, 3.05) is 5.75 Å². The van der Waals surface area contributed by atoms with Crippen LogP contribution in [0.2, 0.25) is 0 Å². The van der Waals surface area contributed by atoms with E-state index in [2.05, 4.69) is 50.1 Å². The largest absolute Gasteiger partial charge is 0.352 e. The van der Waals surface area contributed by atoms with Gasteiger partial charge in [-0.15, -0.1) is 0 Å². The molecule has 1 aliphatic heterocycles. The predicted octanol–water partition coefficient (Wildman–Crippen LogP) is 3.58. The predicted molar refractivity (Wildman–Crippen MR) is 114 cm³/mol. The maximum Gasteiger partial charge on any atom is 0.221 e. The lowest BCUT2D eigenvalue weighted by Crippen LogP contribution is -2.40. The van der Waals surface area contributed by atoms with E-state index in [0.717, 1.165) is 32.1 Å². The number of carbonyl (C=O) groups excluding carboxylic acids is 1. The standard InChI is InChI=1S/C15H29NOS5/c1-9-4-11(19)2-3-12(20)6-13(21)7-15(17)16-10(8-18)5-14(9)22/h9-14,18-22H,2-8H2,1H3,(H,16,17). The number of rotatable bonds is 1. The van der Waals surface area contributed by atoms with Gasteiger partial charge in [0.15, 0.2) is 0 Å². The Morgan fingerprint density at radius 2 is 1.59 bits per heavy atom. The molecule has 22 heavy (non-hydrogen) atoms. The Kier molecular flexibility index (Phi) is 10.6. The van der Waals surface area contributed by atoms with Gasteiger partial charge in [0.05, 0.1) is 0 Å². The Morgan fingerprint density at radius 3 is 2.18 bits per heavy atom. The molecule has 0 aromatic rings. The summed E-state index contributed by atoms with van der Waals surface area (Å²) in [6.07, 6.45) is 5.21. The van der Waals surface area contributed by atoms with Crippen LogP contribution in [0.15, 0.2) is 0 Å². The third-order valence-corrected chi connectivity index (χ3v) is 6.70. The molecule has 1 aliphatic rings. The minimum atomic E-state index is 0.0510. The van der Waals surface area contributed by atoms with Crippen molar-refractivity contribution >= 4 is 69.1 Å². The second-order valence-corrected chi connectivity index (χ2v) is 9.66. The quantitative estimate of drug-likeness (QED) is 0.374. The minimum Gasteiger partial charge on any atom is -0.352 e. The fourth-order valence-corrected chi connectivity index (χ4v) is 4.90. The molecule has 6 atom stereocenters. The van der Waals surface area contributed by atoms with E-state index in [1.54, 1.807) is 0 Å². The zero-order valence-electron chi connectivity index (χ0n) is 13.1. The second-order valence-electron chi connectivity index (χ2n) is 6.44. The Hall–Kier alpha value is 1.22. The van der Waals surface area contributed by atoms with E-state index >= 15 is 0 Å². The number of nitrogens with one attached hydrogen (secondary N) is 1. The second kappa shape index (κ2) is 11.0. The van der Waals surface area contributed by atoms with E-state index in [9.17, 15) is 4.79 Å². The molecule has 0 aromatic carbocycles. The summed E-state index contributed by atoms with van der Waals surface area (Å²) in [6.45, 7) is 2.21. The van der Waals surface area contributed by atoms with Gasteiger partial charge in [-0.25, -0.2) is 0 Å². The molecule has 1 amide bonds. The highest BCUT2D eigenvalue weighted by atomic mass is 32.1. The number of carbonyl (C=O) groups is 1. The number of hydrogen-bond donors (Lipinski definition) is 6. The Labute approximate surface area is 162 Å². The van der Waals surface area contributed by atoms with Crippen LogP contribution in [-0.2, 0) is 4.79 Å². The third-order valence-electron chi connectivity index (χ3n) is 4.21. The Bertz CT molecular complexity index is 344. The molecule has 1 N–H and O–H groups in total. The van der Waals surface area contributed by atoms with Crippen molar-refractivity contribution in [2.24, 2.45) is 5.92 Å². The Morgan fingerprint density at radius 1 is 1.00 bits per heavy atom. The summed E-state index contributed by atoms with van der Waals surface area (Å²) in [7, 11) is 0. The molecular weight excluding hydrogens is 371 g/mol. The zero-order valence-corrected chi connectivity index (χ0v) is 17.5. The van der Waals surface area contributed by atoms with Gasteiger partial charge in [0.25, 0.3) is 0 Å². The van der Waals surface area contributed by atoms with E-state index < -0.39 is 0 Å². The Balaban J connectivity index is 2.73. The van der Waals surface area contributed by atoms with Gasteiger partial charge < -0.3 is 5.32 Å². The fraction of sp³-hybridized carbons (Fsp3) is 0.933. The number of thiol groups is 5. The van der Waals surface area contributed by atoms with Crippen LogP contribution in [0.4, 0.5) is 0 Å². The molecule has 7 heteroatoms. The van der Waals surface area contributed by atoms with Crippen LogP contribution in [0.5, 0.6) is 0 Å². The molecule has 6 unspecified atom stereocenters. The lowest BCUT2D eigenvalue weighted by molar-refractivity contribution is -0.121. The summed E-state index contributed by atoms with van der Waals surface area (Å²) < 4.78 is 0. The lowest BCUT2D eigenvalue weighted by atomic mass is 9.94. The van der Waals surface area contributed by atoms with E-state index in [4.69, 9.17) is 25.3 Å². The molecule has 2 nitrogen and oxygen atoms in total. The lowest BCUT2D eigenvalue weighted by Gasteiger charge is -2.28. The van der Waals surface area contributed by atoms with Gasteiger partial charge in [-0.2, -0.15) is 63.1 Å². The summed E-state index contributed by atoms with van der Waals surface area (Å²) in [5.41, 5.74) is 0. The van der Waals surface area contributed by atoms with E-state index in [1.807, 2.05) is 0 Å². The normalized spacial score (nSPS) is 39.8. The van der Waals surface area contributed by atoms with Gasteiger partial charge in [0, 0.05) is 39.2 Å². The highest BCUT2D eigenvalue weighted by Gasteiger charge is 2.24. The summed E-state index contributed by atoms with van der Waals surface area (Å²) in [5, 5.41) is 4.02. The van der Waals surface area contributed by atoms with Crippen molar-refractivity contribution in [3.63, 3.8) is 0 Å². The minimum absolute atomic E-state index is 0.0510. The summed E-state index contributed by atoms with van der Waals surface area (Å²) in [4.78, 5) is 12.1. The molecule has 0 radical (unpaired) electrons. The van der Waals surface area contributed by atoms with Gasteiger partial charge in [0.1, 0.15) is 0 Å². The highest BCUT2D eigenvalue weighted by molar-refractivity contribution is 7.82. The monoisotopic (exact) mass is 399 g/mol. The van der Waals surface area contributed by atoms with Crippen LogP contribution in [0.1, 0.15) is 45.4 Å². The number of hydrogen-bond acceptors (Lipinski definition) is 6. The van der Waals surface area contributed by atoms with Crippen molar-refractivity contribution in [1.82, 2.24) is 5.32 Å². The number of amides is 1. The molecule has 0 aliphatic carbocycles. The molecule has 0 bridgehead atoms. The van der Waals surface area contributed by atoms with Crippen molar-refractivity contribution in [1.29, 1.82) is 0 Å². The van der Waals surface area contributed by atoms with Gasteiger partial charge in [-0.1, -0.05) is 6.92 Å². The van der Waals surface area contributed by atoms with Crippen molar-refractivity contribution in [3.8, 4) is 0 Å². The first-order chi connectivity index (χ1) is 10.3. The van der Waals surface area contributed by atoms with Gasteiger partial charge in [0.2, 0.25) is 5.91 Å². The zero-order chi connectivity index (χ0) is 16.7. The average molecular weight is 400 g/mol. The maximum atomic E-state index is 12.1. The van der Waals surface area contributed by atoms with Crippen LogP contribution >= 0.6 is 63.1 Å². The molecule has 1 saturated heterocycles. The van der Waals surface area contributed by atoms with E-state index in [0.29, 0.717) is 23.3 Å². The summed E-state index contributed by atoms with van der Waals surface area (Å²) in [5.74, 6) is 1.15. The van der Waals surface area contributed by atoms with E-state index in [-0.39, 0.29) is 27.7 Å². The molecular formula is C15H29NOS5. The summed E-state index contributed by atoms with van der Waals surface area (Å²) in [6, 6.07) is 0.0643. The fourth-order valence-electron chi connectivity index (χ4n) is 2.81. The van der Waals surface area contributed by atoms with Crippen molar-refractivity contribution < 1.29 is 4.79 Å².